The molecule has 98 valence electrons. The first-order valence-electron chi connectivity index (χ1n) is 6.02. The molecule has 0 spiro atoms. The molecule has 0 aliphatic carbocycles. The monoisotopic (exact) mass is 283 g/mol. The van der Waals surface area contributed by atoms with Crippen molar-refractivity contribution >= 4 is 17.5 Å². The third-order valence-electron chi connectivity index (χ3n) is 2.83. The molecule has 0 unspecified atom stereocenters. The SMILES string of the molecule is O=C(c1ccccc1)n1ncc(-c2ccc(Cl)cc2)n1. The fourth-order valence-electron chi connectivity index (χ4n) is 1.81. The molecule has 0 bridgehead atoms. The molecule has 0 saturated heterocycles. The molecular weight excluding hydrogens is 274 g/mol. The number of benzene rings is 2. The average Bonchev–Trinajstić information content (AvgIpc) is 2.98. The van der Waals surface area contributed by atoms with E-state index in [1.165, 1.54) is 0 Å². The highest BCUT2D eigenvalue weighted by Crippen LogP contribution is 2.18. The van der Waals surface area contributed by atoms with Gasteiger partial charge in [0.25, 0.3) is 5.91 Å². The van der Waals surface area contributed by atoms with Gasteiger partial charge in [0.1, 0.15) is 5.69 Å². The molecule has 1 aromatic heterocycles. The Balaban J connectivity index is 1.91. The molecule has 3 rings (SSSR count). The summed E-state index contributed by atoms with van der Waals surface area (Å²) in [6.45, 7) is 0. The molecule has 5 heteroatoms. The molecule has 0 atom stereocenters. The second kappa shape index (κ2) is 5.27. The zero-order chi connectivity index (χ0) is 13.9. The van der Waals surface area contributed by atoms with Gasteiger partial charge in [0.05, 0.1) is 6.20 Å². The summed E-state index contributed by atoms with van der Waals surface area (Å²) in [5, 5.41) is 8.87. The normalized spacial score (nSPS) is 10.4. The zero-order valence-corrected chi connectivity index (χ0v) is 11.2. The Kier molecular flexibility index (Phi) is 3.31. The van der Waals surface area contributed by atoms with Crippen molar-refractivity contribution in [3.8, 4) is 11.3 Å². The van der Waals surface area contributed by atoms with E-state index in [4.69, 9.17) is 11.6 Å². The van der Waals surface area contributed by atoms with E-state index < -0.39 is 0 Å². The van der Waals surface area contributed by atoms with Gasteiger partial charge in [-0.05, 0) is 24.3 Å². The first kappa shape index (κ1) is 12.6. The van der Waals surface area contributed by atoms with Gasteiger partial charge in [-0.25, -0.2) is 0 Å². The molecule has 0 aliphatic heterocycles. The van der Waals surface area contributed by atoms with Gasteiger partial charge in [0, 0.05) is 16.1 Å². The number of rotatable bonds is 2. The largest absolute Gasteiger partial charge is 0.295 e. The molecule has 0 radical (unpaired) electrons. The van der Waals surface area contributed by atoms with E-state index in [2.05, 4.69) is 10.2 Å². The number of nitrogens with zero attached hydrogens (tertiary/aromatic N) is 3. The lowest BCUT2D eigenvalue weighted by Crippen LogP contribution is -2.15. The van der Waals surface area contributed by atoms with Gasteiger partial charge >= 0.3 is 0 Å². The first-order chi connectivity index (χ1) is 9.74. The Morgan fingerprint density at radius 3 is 2.40 bits per heavy atom. The summed E-state index contributed by atoms with van der Waals surface area (Å²) in [4.78, 5) is 13.3. The maximum Gasteiger partial charge on any atom is 0.295 e. The quantitative estimate of drug-likeness (QED) is 0.725. The van der Waals surface area contributed by atoms with Crippen LogP contribution in [0.3, 0.4) is 0 Å². The minimum Gasteiger partial charge on any atom is -0.265 e. The summed E-state index contributed by atoms with van der Waals surface area (Å²) < 4.78 is 0. The number of hydrogen-bond acceptors (Lipinski definition) is 3. The minimum absolute atomic E-state index is 0.259. The summed E-state index contributed by atoms with van der Waals surface area (Å²) in [5.74, 6) is -0.259. The van der Waals surface area contributed by atoms with E-state index in [9.17, 15) is 4.79 Å². The maximum atomic E-state index is 12.2. The topological polar surface area (TPSA) is 47.8 Å². The Hall–Kier alpha value is -2.46. The van der Waals surface area contributed by atoms with Crippen LogP contribution in [0.1, 0.15) is 10.4 Å². The highest BCUT2D eigenvalue weighted by atomic mass is 35.5. The molecular formula is C15H10ClN3O. The first-order valence-corrected chi connectivity index (χ1v) is 6.40. The van der Waals surface area contributed by atoms with E-state index in [1.54, 1.807) is 42.6 Å². The Morgan fingerprint density at radius 1 is 1.00 bits per heavy atom. The van der Waals surface area contributed by atoms with Crippen LogP contribution in [0.4, 0.5) is 0 Å². The third kappa shape index (κ3) is 2.46. The molecule has 1 heterocycles. The zero-order valence-electron chi connectivity index (χ0n) is 10.4. The molecule has 0 amide bonds. The molecule has 0 fully saturated rings. The fourth-order valence-corrected chi connectivity index (χ4v) is 1.94. The van der Waals surface area contributed by atoms with E-state index in [0.717, 1.165) is 10.4 Å². The smallest absolute Gasteiger partial charge is 0.265 e. The van der Waals surface area contributed by atoms with Gasteiger partial charge in [0.15, 0.2) is 0 Å². The van der Waals surface area contributed by atoms with Crippen molar-refractivity contribution in [1.82, 2.24) is 15.0 Å². The van der Waals surface area contributed by atoms with Crippen molar-refractivity contribution in [3.05, 3.63) is 71.4 Å². The van der Waals surface area contributed by atoms with Gasteiger partial charge in [-0.15, -0.1) is 9.90 Å². The standard InChI is InChI=1S/C15H10ClN3O/c16-13-8-6-11(7-9-13)14-10-17-19(18-14)15(20)12-4-2-1-3-5-12/h1-10H. The number of halogens is 1. The number of aromatic nitrogens is 3. The summed E-state index contributed by atoms with van der Waals surface area (Å²) in [7, 11) is 0. The fraction of sp³-hybridized carbons (Fsp3) is 0. The molecule has 4 nitrogen and oxygen atoms in total. The van der Waals surface area contributed by atoms with Crippen molar-refractivity contribution in [3.63, 3.8) is 0 Å². The van der Waals surface area contributed by atoms with Gasteiger partial charge in [0.2, 0.25) is 0 Å². The van der Waals surface area contributed by atoms with Crippen LogP contribution in [0.5, 0.6) is 0 Å². The highest BCUT2D eigenvalue weighted by Gasteiger charge is 2.12. The summed E-state index contributed by atoms with van der Waals surface area (Å²) in [6, 6.07) is 16.1. The summed E-state index contributed by atoms with van der Waals surface area (Å²) in [5.41, 5.74) is 2.04. The molecule has 0 N–H and O–H groups in total. The Morgan fingerprint density at radius 2 is 1.70 bits per heavy atom. The lowest BCUT2D eigenvalue weighted by Gasteiger charge is -1.98. The van der Waals surface area contributed by atoms with E-state index >= 15 is 0 Å². The van der Waals surface area contributed by atoms with E-state index in [0.29, 0.717) is 16.3 Å². The van der Waals surface area contributed by atoms with Crippen LogP contribution >= 0.6 is 11.6 Å². The van der Waals surface area contributed by atoms with Crippen LogP contribution in [0, 0.1) is 0 Å². The van der Waals surface area contributed by atoms with Gasteiger partial charge in [-0.1, -0.05) is 41.9 Å². The second-order valence-corrected chi connectivity index (χ2v) is 4.63. The van der Waals surface area contributed by atoms with Crippen molar-refractivity contribution in [1.29, 1.82) is 0 Å². The molecule has 0 saturated carbocycles. The highest BCUT2D eigenvalue weighted by molar-refractivity contribution is 6.30. The van der Waals surface area contributed by atoms with Gasteiger partial charge < -0.3 is 0 Å². The van der Waals surface area contributed by atoms with Gasteiger partial charge in [-0.3, -0.25) is 4.79 Å². The number of carbonyl (C=O) groups excluding carboxylic acids is 1. The predicted octanol–water partition coefficient (Wildman–Crippen LogP) is 3.29. The lowest BCUT2D eigenvalue weighted by atomic mass is 10.2. The van der Waals surface area contributed by atoms with Crippen molar-refractivity contribution in [2.45, 2.75) is 0 Å². The summed E-state index contributed by atoms with van der Waals surface area (Å²) in [6.07, 6.45) is 1.56. The van der Waals surface area contributed by atoms with Crippen LogP contribution < -0.4 is 0 Å². The number of hydrogen-bond donors (Lipinski definition) is 0. The van der Waals surface area contributed by atoms with Crippen LogP contribution in [-0.2, 0) is 0 Å². The molecule has 3 aromatic rings. The third-order valence-corrected chi connectivity index (χ3v) is 3.09. The molecule has 20 heavy (non-hydrogen) atoms. The van der Waals surface area contributed by atoms with Gasteiger partial charge in [-0.2, -0.15) is 5.10 Å². The van der Waals surface area contributed by atoms with Crippen LogP contribution in [0.2, 0.25) is 5.02 Å². The van der Waals surface area contributed by atoms with Crippen molar-refractivity contribution in [2.75, 3.05) is 0 Å². The van der Waals surface area contributed by atoms with Crippen LogP contribution in [-0.4, -0.2) is 20.9 Å². The van der Waals surface area contributed by atoms with E-state index in [-0.39, 0.29) is 5.91 Å². The molecule has 2 aromatic carbocycles. The minimum atomic E-state index is -0.259. The van der Waals surface area contributed by atoms with E-state index in [1.807, 2.05) is 18.2 Å². The Labute approximate surface area is 120 Å². The Bertz CT molecular complexity index is 735. The lowest BCUT2D eigenvalue weighted by molar-refractivity contribution is 0.0927. The second-order valence-electron chi connectivity index (χ2n) is 4.20. The molecule has 0 aliphatic rings. The van der Waals surface area contributed by atoms with Crippen LogP contribution in [0.15, 0.2) is 60.8 Å². The van der Waals surface area contributed by atoms with Crippen LogP contribution in [0.25, 0.3) is 11.3 Å². The maximum absolute atomic E-state index is 12.2. The average molecular weight is 284 g/mol. The summed E-state index contributed by atoms with van der Waals surface area (Å²) >= 11 is 5.84. The van der Waals surface area contributed by atoms with Crippen molar-refractivity contribution in [2.24, 2.45) is 0 Å². The predicted molar refractivity (Wildman–Crippen MR) is 76.6 cm³/mol. The van der Waals surface area contributed by atoms with Crippen molar-refractivity contribution < 1.29 is 4.79 Å². The number of carbonyl (C=O) groups is 1.